The van der Waals surface area contributed by atoms with Crippen molar-refractivity contribution in [3.63, 3.8) is 0 Å². The van der Waals surface area contributed by atoms with Crippen LogP contribution in [0.5, 0.6) is 0 Å². The highest BCUT2D eigenvalue weighted by Crippen LogP contribution is 2.38. The van der Waals surface area contributed by atoms with Crippen molar-refractivity contribution in [2.75, 3.05) is 13.1 Å². The summed E-state index contributed by atoms with van der Waals surface area (Å²) in [5, 5.41) is 8.50. The van der Waals surface area contributed by atoms with Gasteiger partial charge in [-0.2, -0.15) is 0 Å². The van der Waals surface area contributed by atoms with Crippen LogP contribution in [0.4, 0.5) is 0 Å². The van der Waals surface area contributed by atoms with Crippen molar-refractivity contribution in [3.05, 3.63) is 76.4 Å². The number of hydrogen-bond acceptors (Lipinski definition) is 3. The maximum atomic E-state index is 12.8. The third-order valence-electron chi connectivity index (χ3n) is 7.15. The van der Waals surface area contributed by atoms with E-state index in [0.29, 0.717) is 12.8 Å². The lowest BCUT2D eigenvalue weighted by Gasteiger charge is -2.31. The number of hydrogen-bond donors (Lipinski definition) is 2. The van der Waals surface area contributed by atoms with Crippen LogP contribution in [-0.4, -0.2) is 35.0 Å². The van der Waals surface area contributed by atoms with Crippen LogP contribution in [0.15, 0.2) is 54.1 Å². The molecule has 2 aromatic rings. The zero-order chi connectivity index (χ0) is 24.5. The molecule has 0 unspecified atom stereocenters. The Morgan fingerprint density at radius 1 is 0.743 bits per heavy atom. The number of nitrogens with one attached hydrogen (secondary N) is 1. The monoisotopic (exact) mass is 472 g/mol. The van der Waals surface area contributed by atoms with Crippen LogP contribution in [0.1, 0.15) is 86.5 Å². The molecule has 35 heavy (non-hydrogen) atoms. The number of fused-ring (bicyclic) bond motifs is 2. The van der Waals surface area contributed by atoms with Gasteiger partial charge in [-0.25, -0.2) is 5.48 Å². The van der Waals surface area contributed by atoms with Gasteiger partial charge in [-0.05, 0) is 53.5 Å². The molecule has 0 atom stereocenters. The fourth-order valence-corrected chi connectivity index (χ4v) is 5.20. The summed E-state index contributed by atoms with van der Waals surface area (Å²) in [4.78, 5) is 25.9. The number of unbranched alkanes of at least 4 members (excludes halogenated alkanes) is 5. The molecular weight excluding hydrogens is 436 g/mol. The van der Waals surface area contributed by atoms with Gasteiger partial charge in [0.25, 0.3) is 0 Å². The average molecular weight is 473 g/mol. The summed E-state index contributed by atoms with van der Waals surface area (Å²) in [5.74, 6) is -0.0444. The molecular formula is C30H36N2O3. The van der Waals surface area contributed by atoms with Crippen molar-refractivity contribution < 1.29 is 14.8 Å². The summed E-state index contributed by atoms with van der Waals surface area (Å²) in [6.45, 7) is 1.59. The van der Waals surface area contributed by atoms with E-state index in [2.05, 4.69) is 60.7 Å². The Kier molecular flexibility index (Phi) is 8.90. The molecule has 0 saturated carbocycles. The van der Waals surface area contributed by atoms with Crippen molar-refractivity contribution in [1.29, 1.82) is 0 Å². The molecule has 0 spiro atoms. The predicted octanol–water partition coefficient (Wildman–Crippen LogP) is 6.22. The van der Waals surface area contributed by atoms with E-state index in [0.717, 1.165) is 64.5 Å². The molecule has 184 valence electrons. The number of hydroxylamine groups is 1. The Morgan fingerprint density at radius 2 is 1.26 bits per heavy atom. The second-order valence-corrected chi connectivity index (χ2v) is 9.52. The molecule has 2 amide bonds. The Balaban J connectivity index is 1.29. The van der Waals surface area contributed by atoms with Gasteiger partial charge in [0, 0.05) is 25.9 Å². The van der Waals surface area contributed by atoms with Crippen LogP contribution < -0.4 is 5.48 Å². The van der Waals surface area contributed by atoms with Crippen molar-refractivity contribution in [1.82, 2.24) is 10.4 Å². The summed E-state index contributed by atoms with van der Waals surface area (Å²) in [5.41, 5.74) is 9.56. The standard InChI is InChI=1S/C30H36N2O3/c33-28(31-35)15-5-3-1-2-4-6-16-29(34)32-21-19-25(20-22-32)30-26-13-9-7-11-23(26)17-18-24-12-8-10-14-27(24)30/h7-14,17-18,35H,1-6,15-16,19-22H2,(H,31,33). The lowest BCUT2D eigenvalue weighted by molar-refractivity contribution is -0.132. The van der Waals surface area contributed by atoms with Crippen molar-refractivity contribution in [3.8, 4) is 0 Å². The van der Waals surface area contributed by atoms with Gasteiger partial charge in [-0.3, -0.25) is 14.8 Å². The van der Waals surface area contributed by atoms with Crippen LogP contribution >= 0.6 is 0 Å². The third kappa shape index (κ3) is 6.49. The second kappa shape index (κ2) is 12.5. The minimum atomic E-state index is -0.319. The lowest BCUT2D eigenvalue weighted by Crippen LogP contribution is -2.36. The smallest absolute Gasteiger partial charge is 0.243 e. The largest absolute Gasteiger partial charge is 0.342 e. The minimum absolute atomic E-state index is 0.275. The van der Waals surface area contributed by atoms with Gasteiger partial charge in [0.15, 0.2) is 0 Å². The molecule has 5 heteroatoms. The highest BCUT2D eigenvalue weighted by atomic mass is 16.5. The third-order valence-corrected chi connectivity index (χ3v) is 7.15. The molecule has 1 fully saturated rings. The van der Waals surface area contributed by atoms with E-state index >= 15 is 0 Å². The first-order valence-corrected chi connectivity index (χ1v) is 13.0. The first-order chi connectivity index (χ1) is 17.2. The van der Waals surface area contributed by atoms with E-state index in [1.807, 2.05) is 4.90 Å². The topological polar surface area (TPSA) is 69.6 Å². The number of piperidine rings is 1. The molecule has 1 aliphatic carbocycles. The van der Waals surface area contributed by atoms with Gasteiger partial charge in [0.2, 0.25) is 11.8 Å². The van der Waals surface area contributed by atoms with Crippen molar-refractivity contribution >= 4 is 29.5 Å². The van der Waals surface area contributed by atoms with Crippen LogP contribution in [0.25, 0.3) is 17.7 Å². The molecule has 1 aliphatic heterocycles. The van der Waals surface area contributed by atoms with E-state index in [1.54, 1.807) is 5.48 Å². The number of likely N-dealkylation sites (tertiary alicyclic amines) is 1. The second-order valence-electron chi connectivity index (χ2n) is 9.52. The molecule has 2 aromatic carbocycles. The highest BCUT2D eigenvalue weighted by molar-refractivity contribution is 5.95. The normalized spacial score (nSPS) is 14.8. The first kappa shape index (κ1) is 24.9. The van der Waals surface area contributed by atoms with Gasteiger partial charge in [-0.15, -0.1) is 0 Å². The summed E-state index contributed by atoms with van der Waals surface area (Å²) >= 11 is 0. The van der Waals surface area contributed by atoms with Gasteiger partial charge in [0.1, 0.15) is 0 Å². The maximum absolute atomic E-state index is 12.8. The SMILES string of the molecule is O=C(CCCCCCCCC(=O)N1CCC(=C2c3ccccc3C=Cc3ccccc32)CC1)NO. The Morgan fingerprint density at radius 3 is 1.83 bits per heavy atom. The number of amides is 2. The fraction of sp³-hybridized carbons (Fsp3) is 0.400. The van der Waals surface area contributed by atoms with Crippen LogP contribution in [0.3, 0.4) is 0 Å². The Hall–Kier alpha value is -3.18. The average Bonchev–Trinajstić information content (AvgIpc) is 3.07. The van der Waals surface area contributed by atoms with Crippen molar-refractivity contribution in [2.24, 2.45) is 0 Å². The van der Waals surface area contributed by atoms with Crippen LogP contribution in [0.2, 0.25) is 0 Å². The van der Waals surface area contributed by atoms with E-state index < -0.39 is 0 Å². The first-order valence-electron chi connectivity index (χ1n) is 13.0. The molecule has 2 aliphatic rings. The van der Waals surface area contributed by atoms with Crippen LogP contribution in [-0.2, 0) is 9.59 Å². The predicted molar refractivity (Wildman–Crippen MR) is 141 cm³/mol. The van der Waals surface area contributed by atoms with E-state index in [9.17, 15) is 9.59 Å². The summed E-state index contributed by atoms with van der Waals surface area (Å²) < 4.78 is 0. The molecule has 0 aromatic heterocycles. The summed E-state index contributed by atoms with van der Waals surface area (Å²) in [7, 11) is 0. The molecule has 0 radical (unpaired) electrons. The maximum Gasteiger partial charge on any atom is 0.243 e. The van der Waals surface area contributed by atoms with Gasteiger partial charge >= 0.3 is 0 Å². The molecule has 1 heterocycles. The minimum Gasteiger partial charge on any atom is -0.342 e. The zero-order valence-electron chi connectivity index (χ0n) is 20.5. The highest BCUT2D eigenvalue weighted by Gasteiger charge is 2.24. The van der Waals surface area contributed by atoms with Gasteiger partial charge in [-0.1, -0.05) is 91.9 Å². The summed E-state index contributed by atoms with van der Waals surface area (Å²) in [6.07, 6.45) is 13.1. The molecule has 5 nitrogen and oxygen atoms in total. The number of rotatable bonds is 9. The van der Waals surface area contributed by atoms with E-state index in [4.69, 9.17) is 5.21 Å². The molecule has 4 rings (SSSR count). The number of carbonyl (C=O) groups excluding carboxylic acids is 2. The summed E-state index contributed by atoms with van der Waals surface area (Å²) in [6, 6.07) is 17.2. The molecule has 0 bridgehead atoms. The number of nitrogens with zero attached hydrogens (tertiary/aromatic N) is 1. The Labute approximate surface area is 208 Å². The lowest BCUT2D eigenvalue weighted by atomic mass is 9.86. The van der Waals surface area contributed by atoms with Crippen LogP contribution in [0, 0.1) is 0 Å². The van der Waals surface area contributed by atoms with E-state index in [1.165, 1.54) is 33.4 Å². The van der Waals surface area contributed by atoms with Gasteiger partial charge in [0.05, 0.1) is 0 Å². The van der Waals surface area contributed by atoms with Crippen molar-refractivity contribution in [2.45, 2.75) is 64.2 Å². The molecule has 1 saturated heterocycles. The Bertz CT molecular complexity index is 1040. The number of benzene rings is 2. The van der Waals surface area contributed by atoms with E-state index in [-0.39, 0.29) is 11.8 Å². The van der Waals surface area contributed by atoms with Gasteiger partial charge < -0.3 is 4.90 Å². The zero-order valence-corrected chi connectivity index (χ0v) is 20.5. The fourth-order valence-electron chi connectivity index (χ4n) is 5.20. The quantitative estimate of drug-likeness (QED) is 0.221. The number of carbonyl (C=O) groups is 2. The molecule has 2 N–H and O–H groups in total.